The van der Waals surface area contributed by atoms with Gasteiger partial charge in [-0.3, -0.25) is 9.69 Å². The third kappa shape index (κ3) is 3.83. The number of aromatic nitrogens is 4. The molecule has 1 amide bonds. The highest BCUT2D eigenvalue weighted by atomic mass is 32.1. The van der Waals surface area contributed by atoms with Crippen LogP contribution < -0.4 is 0 Å². The second-order valence-corrected chi connectivity index (χ2v) is 12.8. The largest absolute Gasteiger partial charge is 0.348 e. The first-order valence-electron chi connectivity index (χ1n) is 13.5. The minimum atomic E-state index is 0.216. The van der Waals surface area contributed by atoms with Crippen molar-refractivity contribution in [1.29, 1.82) is 0 Å². The van der Waals surface area contributed by atoms with Crippen molar-refractivity contribution in [2.45, 2.75) is 71.8 Å². The zero-order valence-corrected chi connectivity index (χ0v) is 23.9. The van der Waals surface area contributed by atoms with Crippen molar-refractivity contribution >= 4 is 33.1 Å². The van der Waals surface area contributed by atoms with Gasteiger partial charge in [-0.05, 0) is 80.0 Å². The minimum absolute atomic E-state index is 0.216. The van der Waals surface area contributed by atoms with Crippen molar-refractivity contribution in [1.82, 2.24) is 29.4 Å². The van der Waals surface area contributed by atoms with Crippen LogP contribution in [0, 0.1) is 26.7 Å². The number of nitrogens with zero attached hydrogens (tertiary/aromatic N) is 5. The van der Waals surface area contributed by atoms with Crippen molar-refractivity contribution in [3.05, 3.63) is 39.7 Å². The normalized spacial score (nSPS) is 22.1. The first kappa shape index (κ1) is 24.6. The number of hydrogen-bond donors (Lipinski definition) is 1. The molecule has 196 valence electrons. The van der Waals surface area contributed by atoms with Crippen LogP contribution in [0.15, 0.2) is 12.5 Å². The SMILES string of the molecule is Cc1c(-c2[nH]c3sc([C@@H]4C[C@@H]5CC[C@H]4CN5CC(=O)N(C)C)c(C)c3c2C(C)C)cn2ncnc2c1C. The zero-order chi connectivity index (χ0) is 26.2. The molecule has 7 nitrogen and oxygen atoms in total. The Bertz CT molecular complexity index is 1510. The number of carbonyl (C=O) groups is 1. The van der Waals surface area contributed by atoms with Crippen LogP contribution in [0.4, 0.5) is 0 Å². The van der Waals surface area contributed by atoms with E-state index in [0.717, 1.165) is 12.2 Å². The Morgan fingerprint density at radius 1 is 1.19 bits per heavy atom. The lowest BCUT2D eigenvalue weighted by atomic mass is 9.70. The summed E-state index contributed by atoms with van der Waals surface area (Å²) in [7, 11) is 3.72. The van der Waals surface area contributed by atoms with Crippen LogP contribution in [0.2, 0.25) is 0 Å². The van der Waals surface area contributed by atoms with E-state index < -0.39 is 0 Å². The minimum Gasteiger partial charge on any atom is -0.348 e. The van der Waals surface area contributed by atoms with Gasteiger partial charge in [0.1, 0.15) is 11.2 Å². The number of aromatic amines is 1. The fourth-order valence-electron chi connectivity index (χ4n) is 6.89. The van der Waals surface area contributed by atoms with E-state index in [9.17, 15) is 4.79 Å². The molecule has 4 aromatic heterocycles. The van der Waals surface area contributed by atoms with Crippen LogP contribution in [0.3, 0.4) is 0 Å². The molecule has 7 rings (SSSR count). The molecule has 1 saturated carbocycles. The number of rotatable bonds is 5. The Labute approximate surface area is 222 Å². The van der Waals surface area contributed by atoms with Gasteiger partial charge < -0.3 is 9.88 Å². The number of likely N-dealkylation sites (N-methyl/N-ethyl adjacent to an activating group) is 1. The molecule has 6 heterocycles. The molecule has 2 bridgehead atoms. The third-order valence-electron chi connectivity index (χ3n) is 9.06. The van der Waals surface area contributed by atoms with E-state index in [1.54, 1.807) is 16.1 Å². The topological polar surface area (TPSA) is 69.5 Å². The maximum Gasteiger partial charge on any atom is 0.236 e. The number of thiophene rings is 1. The Balaban J connectivity index is 1.39. The standard InChI is InChI=1S/C29H38N6OS/c1-15(2)24-25-18(5)27(21-10-20-9-8-19(21)11-34(20)13-23(36)33(6)7)37-29(25)32-26(24)22-12-35-28(30-14-31-35)17(4)16(22)3/h12,14-15,19-21,32H,8-11,13H2,1-7H3/t19-,20-,21+/m0/s1. The first-order chi connectivity index (χ1) is 17.7. The molecule has 8 heteroatoms. The predicted molar refractivity (Wildman–Crippen MR) is 151 cm³/mol. The molecule has 2 saturated heterocycles. The van der Waals surface area contributed by atoms with Gasteiger partial charge in [0.25, 0.3) is 0 Å². The summed E-state index contributed by atoms with van der Waals surface area (Å²) in [4.78, 5) is 27.7. The molecular formula is C29H38N6OS. The number of amides is 1. The summed E-state index contributed by atoms with van der Waals surface area (Å²) in [6.07, 6.45) is 7.42. The second-order valence-electron chi connectivity index (χ2n) is 11.7. The Hall–Kier alpha value is -2.71. The van der Waals surface area contributed by atoms with Gasteiger partial charge in [0.05, 0.1) is 12.2 Å². The highest BCUT2D eigenvalue weighted by molar-refractivity contribution is 7.19. The van der Waals surface area contributed by atoms with E-state index in [0.29, 0.717) is 30.3 Å². The van der Waals surface area contributed by atoms with Crippen LogP contribution in [-0.4, -0.2) is 68.5 Å². The van der Waals surface area contributed by atoms with Gasteiger partial charge in [-0.2, -0.15) is 5.10 Å². The molecule has 0 spiro atoms. The van der Waals surface area contributed by atoms with Crippen LogP contribution >= 0.6 is 11.3 Å². The maximum atomic E-state index is 12.4. The Morgan fingerprint density at radius 2 is 1.97 bits per heavy atom. The van der Waals surface area contributed by atoms with Gasteiger partial charge in [0.2, 0.25) is 5.91 Å². The van der Waals surface area contributed by atoms with E-state index in [1.807, 2.05) is 29.9 Å². The third-order valence-corrected chi connectivity index (χ3v) is 10.4. The van der Waals surface area contributed by atoms with Crippen molar-refractivity contribution in [3.63, 3.8) is 0 Å². The van der Waals surface area contributed by atoms with E-state index in [4.69, 9.17) is 0 Å². The predicted octanol–water partition coefficient (Wildman–Crippen LogP) is 5.64. The van der Waals surface area contributed by atoms with E-state index in [2.05, 4.69) is 60.8 Å². The fourth-order valence-corrected chi connectivity index (χ4v) is 8.32. The molecule has 0 radical (unpaired) electrons. The highest BCUT2D eigenvalue weighted by Gasteiger charge is 2.43. The lowest BCUT2D eigenvalue weighted by Gasteiger charge is -2.49. The van der Waals surface area contributed by atoms with Crippen molar-refractivity contribution < 1.29 is 4.79 Å². The number of carbonyl (C=O) groups excluding carboxylic acids is 1. The summed E-state index contributed by atoms with van der Waals surface area (Å²) in [5.74, 6) is 1.83. The summed E-state index contributed by atoms with van der Waals surface area (Å²) in [5.41, 5.74) is 8.66. The second kappa shape index (κ2) is 8.95. The maximum absolute atomic E-state index is 12.4. The summed E-state index contributed by atoms with van der Waals surface area (Å²) in [6, 6.07) is 0.513. The molecule has 2 aliphatic heterocycles. The van der Waals surface area contributed by atoms with Gasteiger partial charge in [-0.1, -0.05) is 13.8 Å². The van der Waals surface area contributed by atoms with Gasteiger partial charge >= 0.3 is 0 Å². The molecule has 4 aromatic rings. The van der Waals surface area contributed by atoms with E-state index >= 15 is 0 Å². The number of pyridine rings is 1. The van der Waals surface area contributed by atoms with Crippen LogP contribution in [-0.2, 0) is 4.79 Å². The average Bonchev–Trinajstić information content (AvgIpc) is 3.56. The Morgan fingerprint density at radius 3 is 2.65 bits per heavy atom. The van der Waals surface area contributed by atoms with E-state index in [-0.39, 0.29) is 5.91 Å². The van der Waals surface area contributed by atoms with Crippen LogP contribution in [0.25, 0.3) is 27.1 Å². The molecule has 1 N–H and O–H groups in total. The molecule has 3 atom stereocenters. The molecule has 3 aliphatic rings. The van der Waals surface area contributed by atoms with Gasteiger partial charge in [-0.15, -0.1) is 11.3 Å². The average molecular weight is 519 g/mol. The number of nitrogens with one attached hydrogen (secondary N) is 1. The summed E-state index contributed by atoms with van der Waals surface area (Å²) >= 11 is 1.97. The van der Waals surface area contributed by atoms with E-state index in [1.165, 1.54) is 63.0 Å². The van der Waals surface area contributed by atoms with Crippen molar-refractivity contribution in [2.24, 2.45) is 5.92 Å². The quantitative estimate of drug-likeness (QED) is 0.371. The van der Waals surface area contributed by atoms with Gasteiger partial charge in [0, 0.05) is 48.7 Å². The molecule has 1 aliphatic carbocycles. The Kier molecular flexibility index (Phi) is 5.95. The summed E-state index contributed by atoms with van der Waals surface area (Å²) < 4.78 is 1.90. The number of aryl methyl sites for hydroxylation is 2. The molecular weight excluding hydrogens is 480 g/mol. The van der Waals surface area contributed by atoms with Crippen molar-refractivity contribution in [3.8, 4) is 11.3 Å². The lowest BCUT2D eigenvalue weighted by Crippen LogP contribution is -2.53. The van der Waals surface area contributed by atoms with Gasteiger partial charge in [0.15, 0.2) is 5.65 Å². The number of hydrogen-bond acceptors (Lipinski definition) is 5. The number of fused-ring (bicyclic) bond motifs is 5. The first-order valence-corrected chi connectivity index (χ1v) is 14.4. The van der Waals surface area contributed by atoms with Gasteiger partial charge in [-0.25, -0.2) is 9.50 Å². The molecule has 3 fully saturated rings. The number of piperidine rings is 2. The summed E-state index contributed by atoms with van der Waals surface area (Å²) in [6.45, 7) is 12.9. The van der Waals surface area contributed by atoms with Crippen molar-refractivity contribution in [2.75, 3.05) is 27.2 Å². The monoisotopic (exact) mass is 518 g/mol. The molecule has 0 unspecified atom stereocenters. The van der Waals surface area contributed by atoms with Crippen LogP contribution in [0.1, 0.15) is 72.1 Å². The number of H-pyrrole nitrogens is 1. The molecule has 37 heavy (non-hydrogen) atoms. The lowest BCUT2D eigenvalue weighted by molar-refractivity contribution is -0.132. The fraction of sp³-hybridized carbons (Fsp3) is 0.552. The highest BCUT2D eigenvalue weighted by Crippen LogP contribution is 2.51. The summed E-state index contributed by atoms with van der Waals surface area (Å²) in [5, 5.41) is 5.86. The zero-order valence-electron chi connectivity index (χ0n) is 23.1. The smallest absolute Gasteiger partial charge is 0.236 e. The molecule has 0 aromatic carbocycles. The van der Waals surface area contributed by atoms with Crippen LogP contribution in [0.5, 0.6) is 0 Å².